The van der Waals surface area contributed by atoms with Gasteiger partial charge >= 0.3 is 0 Å². The summed E-state index contributed by atoms with van der Waals surface area (Å²) in [6.07, 6.45) is 2.34. The molecule has 0 amide bonds. The number of nitrogen functional groups attached to an aromatic ring is 1. The molecule has 3 N–H and O–H groups in total. The van der Waals surface area contributed by atoms with Crippen LogP contribution in [0.2, 0.25) is 0 Å². The van der Waals surface area contributed by atoms with Crippen LogP contribution in [0.3, 0.4) is 0 Å². The number of rotatable bonds is 3. The highest BCUT2D eigenvalue weighted by molar-refractivity contribution is 14.1. The zero-order valence-corrected chi connectivity index (χ0v) is 11.9. The van der Waals surface area contributed by atoms with Crippen molar-refractivity contribution in [2.24, 2.45) is 0 Å². The average molecular weight is 352 g/mol. The van der Waals surface area contributed by atoms with Crippen molar-refractivity contribution in [2.45, 2.75) is 18.8 Å². The van der Waals surface area contributed by atoms with Crippen molar-refractivity contribution in [3.63, 3.8) is 0 Å². The van der Waals surface area contributed by atoms with Gasteiger partial charge in [0.05, 0.1) is 5.69 Å². The molecule has 3 rings (SSSR count). The maximum Gasteiger partial charge on any atom is 0.136 e. The van der Waals surface area contributed by atoms with Gasteiger partial charge in [-0.15, -0.1) is 0 Å². The number of halogens is 1. The van der Waals surface area contributed by atoms with E-state index in [4.69, 9.17) is 5.73 Å². The minimum absolute atomic E-state index is 0.504. The molecule has 0 bridgehead atoms. The van der Waals surface area contributed by atoms with Crippen molar-refractivity contribution in [2.75, 3.05) is 11.1 Å². The highest BCUT2D eigenvalue weighted by Crippen LogP contribution is 2.38. The predicted molar refractivity (Wildman–Crippen MR) is 80.9 cm³/mol. The van der Waals surface area contributed by atoms with Crippen molar-refractivity contribution in [3.05, 3.63) is 39.7 Å². The van der Waals surface area contributed by atoms with Gasteiger partial charge in [0.25, 0.3) is 0 Å². The Labute approximate surface area is 119 Å². The van der Waals surface area contributed by atoms with E-state index in [-0.39, 0.29) is 0 Å². The Balaban J connectivity index is 1.90. The van der Waals surface area contributed by atoms with Crippen LogP contribution in [0, 0.1) is 3.57 Å². The van der Waals surface area contributed by atoms with Crippen molar-refractivity contribution >= 4 is 39.9 Å². The molecule has 0 atom stereocenters. The molecular weight excluding hydrogens is 339 g/mol. The number of benzene rings is 1. The van der Waals surface area contributed by atoms with Gasteiger partial charge in [0.2, 0.25) is 0 Å². The normalized spacial score (nSPS) is 14.5. The fraction of sp³-hybridized carbons (Fsp3) is 0.231. The highest BCUT2D eigenvalue weighted by Gasteiger charge is 2.27. The number of anilines is 3. The summed E-state index contributed by atoms with van der Waals surface area (Å²) in [5.74, 6) is 2.67. The van der Waals surface area contributed by atoms with Crippen LogP contribution < -0.4 is 11.1 Å². The lowest BCUT2D eigenvalue weighted by atomic mass is 10.3. The number of hydrogen-bond donors (Lipinski definition) is 2. The van der Waals surface area contributed by atoms with Gasteiger partial charge in [0.15, 0.2) is 0 Å². The Hall–Kier alpha value is -1.37. The van der Waals surface area contributed by atoms with Gasteiger partial charge in [0.1, 0.15) is 17.5 Å². The molecular formula is C13H13IN4. The third-order valence-electron chi connectivity index (χ3n) is 2.84. The van der Waals surface area contributed by atoms with Gasteiger partial charge in [-0.3, -0.25) is 0 Å². The van der Waals surface area contributed by atoms with E-state index < -0.39 is 0 Å². The summed E-state index contributed by atoms with van der Waals surface area (Å²) in [7, 11) is 0. The fourth-order valence-corrected chi connectivity index (χ4v) is 2.30. The molecule has 1 saturated carbocycles. The second-order valence-corrected chi connectivity index (χ2v) is 5.58. The molecule has 1 aromatic heterocycles. The Morgan fingerprint density at radius 2 is 2.00 bits per heavy atom. The van der Waals surface area contributed by atoms with Crippen LogP contribution in [0.4, 0.5) is 17.3 Å². The molecule has 92 valence electrons. The third-order valence-corrected chi connectivity index (χ3v) is 3.78. The Morgan fingerprint density at radius 3 is 2.72 bits per heavy atom. The molecule has 4 nitrogen and oxygen atoms in total. The summed E-state index contributed by atoms with van der Waals surface area (Å²) in [6, 6.07) is 9.86. The maximum atomic E-state index is 5.82. The van der Waals surface area contributed by atoms with Gasteiger partial charge < -0.3 is 11.1 Å². The van der Waals surface area contributed by atoms with Crippen molar-refractivity contribution in [1.82, 2.24) is 9.97 Å². The molecule has 0 unspecified atom stereocenters. The zero-order valence-electron chi connectivity index (χ0n) is 9.73. The van der Waals surface area contributed by atoms with Crippen molar-refractivity contribution < 1.29 is 0 Å². The first-order chi connectivity index (χ1) is 8.72. The van der Waals surface area contributed by atoms with Crippen LogP contribution in [0.15, 0.2) is 30.3 Å². The van der Waals surface area contributed by atoms with E-state index in [1.165, 1.54) is 12.8 Å². The maximum absolute atomic E-state index is 5.82. The van der Waals surface area contributed by atoms with Crippen LogP contribution in [-0.2, 0) is 0 Å². The lowest BCUT2D eigenvalue weighted by molar-refractivity contribution is 0.936. The van der Waals surface area contributed by atoms with E-state index >= 15 is 0 Å². The van der Waals surface area contributed by atoms with Gasteiger partial charge in [-0.25, -0.2) is 9.97 Å². The second-order valence-electron chi connectivity index (χ2n) is 4.42. The summed E-state index contributed by atoms with van der Waals surface area (Å²) in [5.41, 5.74) is 6.86. The largest absolute Gasteiger partial charge is 0.384 e. The Bertz CT molecular complexity index is 581. The van der Waals surface area contributed by atoms with Gasteiger partial charge in [0, 0.05) is 15.6 Å². The number of nitrogens with one attached hydrogen (secondary N) is 1. The predicted octanol–water partition coefficient (Wildman–Crippen LogP) is 3.28. The zero-order chi connectivity index (χ0) is 12.5. The van der Waals surface area contributed by atoms with Gasteiger partial charge in [-0.1, -0.05) is 12.1 Å². The molecule has 1 heterocycles. The molecule has 2 aromatic rings. The second kappa shape index (κ2) is 4.72. The number of aromatic nitrogens is 2. The number of nitrogens with zero attached hydrogens (tertiary/aromatic N) is 2. The quantitative estimate of drug-likeness (QED) is 0.833. The summed E-state index contributed by atoms with van der Waals surface area (Å²) < 4.78 is 1.15. The highest BCUT2D eigenvalue weighted by atomic mass is 127. The first kappa shape index (κ1) is 11.7. The topological polar surface area (TPSA) is 63.8 Å². The van der Waals surface area contributed by atoms with Crippen LogP contribution >= 0.6 is 22.6 Å². The molecule has 18 heavy (non-hydrogen) atoms. The molecule has 1 aliphatic rings. The lowest BCUT2D eigenvalue weighted by Gasteiger charge is -2.09. The smallest absolute Gasteiger partial charge is 0.136 e. The molecule has 1 fully saturated rings. The summed E-state index contributed by atoms with van der Waals surface area (Å²) in [4.78, 5) is 8.81. The molecule has 0 radical (unpaired) electrons. The van der Waals surface area contributed by atoms with Crippen LogP contribution in [0.25, 0.3) is 0 Å². The molecule has 1 aliphatic carbocycles. The van der Waals surface area contributed by atoms with Crippen molar-refractivity contribution in [1.29, 1.82) is 0 Å². The van der Waals surface area contributed by atoms with E-state index in [1.54, 1.807) is 6.07 Å². The number of nitrogens with two attached hydrogens (primary N) is 1. The number of para-hydroxylation sites is 1. The van der Waals surface area contributed by atoms with Gasteiger partial charge in [-0.05, 0) is 47.6 Å². The Morgan fingerprint density at radius 1 is 1.22 bits per heavy atom. The van der Waals surface area contributed by atoms with E-state index in [0.29, 0.717) is 11.7 Å². The van der Waals surface area contributed by atoms with Crippen LogP contribution in [0.1, 0.15) is 24.6 Å². The average Bonchev–Trinajstić information content (AvgIpc) is 3.15. The first-order valence-electron chi connectivity index (χ1n) is 5.88. The first-order valence-corrected chi connectivity index (χ1v) is 6.96. The Kier molecular flexibility index (Phi) is 3.07. The molecule has 1 aromatic carbocycles. The standard InChI is InChI=1S/C13H13IN4/c14-9-3-1-2-4-10(9)16-12-7-11(15)17-13(18-12)8-5-6-8/h1-4,7-8H,5-6H2,(H3,15,16,17,18). The summed E-state index contributed by atoms with van der Waals surface area (Å²) in [6.45, 7) is 0. The minimum Gasteiger partial charge on any atom is -0.384 e. The summed E-state index contributed by atoms with van der Waals surface area (Å²) >= 11 is 2.29. The minimum atomic E-state index is 0.504. The SMILES string of the molecule is Nc1cc(Nc2ccccc2I)nc(C2CC2)n1. The third kappa shape index (κ3) is 2.55. The molecule has 0 saturated heterocycles. The van der Waals surface area contributed by atoms with Crippen LogP contribution in [0.5, 0.6) is 0 Å². The van der Waals surface area contributed by atoms with Crippen molar-refractivity contribution in [3.8, 4) is 0 Å². The number of hydrogen-bond acceptors (Lipinski definition) is 4. The lowest BCUT2D eigenvalue weighted by Crippen LogP contribution is -2.03. The van der Waals surface area contributed by atoms with E-state index in [0.717, 1.165) is 20.9 Å². The van der Waals surface area contributed by atoms with Gasteiger partial charge in [-0.2, -0.15) is 0 Å². The van der Waals surface area contributed by atoms with Crippen LogP contribution in [-0.4, -0.2) is 9.97 Å². The van der Waals surface area contributed by atoms with E-state index in [2.05, 4.69) is 43.9 Å². The summed E-state index contributed by atoms with van der Waals surface area (Å²) in [5, 5.41) is 3.30. The van der Waals surface area contributed by atoms with E-state index in [1.807, 2.05) is 18.2 Å². The molecule has 5 heteroatoms. The monoisotopic (exact) mass is 352 g/mol. The molecule has 0 spiro atoms. The fourth-order valence-electron chi connectivity index (χ4n) is 1.77. The molecule has 0 aliphatic heterocycles. The van der Waals surface area contributed by atoms with E-state index in [9.17, 15) is 0 Å².